The van der Waals surface area contributed by atoms with Gasteiger partial charge in [0.15, 0.2) is 0 Å². The number of amides is 1. The van der Waals surface area contributed by atoms with E-state index in [0.29, 0.717) is 10.6 Å². The fourth-order valence-electron chi connectivity index (χ4n) is 2.88. The van der Waals surface area contributed by atoms with Gasteiger partial charge in [-0.3, -0.25) is 14.9 Å². The number of rotatable bonds is 5. The van der Waals surface area contributed by atoms with E-state index >= 15 is 0 Å². The Bertz CT molecular complexity index is 1040. The Morgan fingerprint density at radius 2 is 1.89 bits per heavy atom. The maximum Gasteiger partial charge on any atom is 0.269 e. The van der Waals surface area contributed by atoms with E-state index in [1.807, 2.05) is 29.6 Å². The molecule has 3 aromatic rings. The second kappa shape index (κ2) is 6.52. The molecule has 0 radical (unpaired) electrons. The molecular weight excluding hydrogens is 434 g/mol. The van der Waals surface area contributed by atoms with E-state index in [-0.39, 0.29) is 5.69 Å². The number of thiazole rings is 1. The van der Waals surface area contributed by atoms with Crippen LogP contribution in [-0.4, -0.2) is 15.8 Å². The van der Waals surface area contributed by atoms with Gasteiger partial charge in [-0.1, -0.05) is 28.1 Å². The molecule has 1 aliphatic heterocycles. The Balaban J connectivity index is 1.65. The molecule has 27 heavy (non-hydrogen) atoms. The van der Waals surface area contributed by atoms with Gasteiger partial charge in [-0.25, -0.2) is 4.98 Å². The maximum atomic E-state index is 12.2. The first-order chi connectivity index (χ1) is 12.9. The van der Waals surface area contributed by atoms with E-state index in [1.54, 1.807) is 12.1 Å². The van der Waals surface area contributed by atoms with E-state index < -0.39 is 22.5 Å². The highest BCUT2D eigenvalue weighted by atomic mass is 79.9. The SMILES string of the molecule is NC(=O)[C@]1(c2nc(-c3ccc(Br)cc3)cs2)O[C@@H]1c1ccc([N+](=O)[O-])cc1. The quantitative estimate of drug-likeness (QED) is 0.363. The number of ether oxygens (including phenoxy) is 1. The molecule has 0 unspecified atom stereocenters. The molecule has 2 heterocycles. The molecule has 1 saturated heterocycles. The number of primary amides is 1. The summed E-state index contributed by atoms with van der Waals surface area (Å²) in [4.78, 5) is 27.1. The normalized spacial score (nSPS) is 21.0. The molecule has 2 N–H and O–H groups in total. The average molecular weight is 446 g/mol. The Hall–Kier alpha value is -2.62. The first kappa shape index (κ1) is 17.8. The summed E-state index contributed by atoms with van der Waals surface area (Å²) < 4.78 is 6.66. The van der Waals surface area contributed by atoms with E-state index in [9.17, 15) is 14.9 Å². The fraction of sp³-hybridized carbons (Fsp3) is 0.111. The molecule has 1 amide bonds. The largest absolute Gasteiger partial charge is 0.367 e. The van der Waals surface area contributed by atoms with Crippen LogP contribution in [0.4, 0.5) is 5.69 Å². The van der Waals surface area contributed by atoms with Crippen LogP contribution < -0.4 is 5.73 Å². The third-order valence-electron chi connectivity index (χ3n) is 4.35. The predicted molar refractivity (Wildman–Crippen MR) is 103 cm³/mol. The van der Waals surface area contributed by atoms with Crippen LogP contribution in [0.2, 0.25) is 0 Å². The number of hydrogen-bond donors (Lipinski definition) is 1. The van der Waals surface area contributed by atoms with Gasteiger partial charge >= 0.3 is 0 Å². The summed E-state index contributed by atoms with van der Waals surface area (Å²) in [5, 5.41) is 13.1. The van der Waals surface area contributed by atoms with Crippen molar-refractivity contribution in [3.05, 3.63) is 79.1 Å². The molecule has 0 aliphatic carbocycles. The van der Waals surface area contributed by atoms with Crippen molar-refractivity contribution in [2.24, 2.45) is 5.73 Å². The Kier molecular flexibility index (Phi) is 4.29. The van der Waals surface area contributed by atoms with Crippen LogP contribution in [0.1, 0.15) is 16.7 Å². The van der Waals surface area contributed by atoms with Crippen LogP contribution in [0.3, 0.4) is 0 Å². The molecule has 9 heteroatoms. The van der Waals surface area contributed by atoms with Crippen molar-refractivity contribution in [3.63, 3.8) is 0 Å². The van der Waals surface area contributed by atoms with Crippen molar-refractivity contribution in [1.29, 1.82) is 0 Å². The monoisotopic (exact) mass is 445 g/mol. The number of halogens is 1. The van der Waals surface area contributed by atoms with Gasteiger partial charge in [0.25, 0.3) is 11.6 Å². The van der Waals surface area contributed by atoms with Gasteiger partial charge in [0.1, 0.15) is 11.1 Å². The van der Waals surface area contributed by atoms with Crippen LogP contribution in [0, 0.1) is 10.1 Å². The molecule has 0 bridgehead atoms. The number of nitrogens with two attached hydrogens (primary N) is 1. The maximum absolute atomic E-state index is 12.2. The van der Waals surface area contributed by atoms with Crippen molar-refractivity contribution >= 4 is 38.9 Å². The Labute approximate surface area is 166 Å². The lowest BCUT2D eigenvalue weighted by atomic mass is 9.99. The smallest absolute Gasteiger partial charge is 0.269 e. The van der Waals surface area contributed by atoms with Crippen molar-refractivity contribution < 1.29 is 14.5 Å². The van der Waals surface area contributed by atoms with E-state index in [4.69, 9.17) is 10.5 Å². The van der Waals surface area contributed by atoms with Crippen molar-refractivity contribution in [2.75, 3.05) is 0 Å². The van der Waals surface area contributed by atoms with Gasteiger partial charge in [-0.2, -0.15) is 0 Å². The summed E-state index contributed by atoms with van der Waals surface area (Å²) in [6, 6.07) is 13.5. The molecule has 2 atom stereocenters. The molecule has 1 aromatic heterocycles. The molecule has 1 aliphatic rings. The zero-order valence-corrected chi connectivity index (χ0v) is 16.1. The summed E-state index contributed by atoms with van der Waals surface area (Å²) in [6.45, 7) is 0. The number of carbonyl (C=O) groups is 1. The number of benzene rings is 2. The minimum absolute atomic E-state index is 0.0316. The van der Waals surface area contributed by atoms with Gasteiger partial charge in [-0.15, -0.1) is 11.3 Å². The van der Waals surface area contributed by atoms with E-state index in [2.05, 4.69) is 20.9 Å². The van der Waals surface area contributed by atoms with Crippen LogP contribution in [0.5, 0.6) is 0 Å². The zero-order valence-electron chi connectivity index (χ0n) is 13.7. The number of nitro benzene ring substituents is 1. The number of aromatic nitrogens is 1. The first-order valence-corrected chi connectivity index (χ1v) is 9.53. The third-order valence-corrected chi connectivity index (χ3v) is 5.84. The Morgan fingerprint density at radius 3 is 2.48 bits per heavy atom. The number of epoxide rings is 1. The van der Waals surface area contributed by atoms with Crippen LogP contribution in [0.25, 0.3) is 11.3 Å². The molecule has 2 aromatic carbocycles. The van der Waals surface area contributed by atoms with Gasteiger partial charge in [-0.05, 0) is 29.8 Å². The molecule has 7 nitrogen and oxygen atoms in total. The van der Waals surface area contributed by atoms with E-state index in [1.165, 1.54) is 23.5 Å². The average Bonchev–Trinajstić information content (AvgIpc) is 3.24. The second-order valence-electron chi connectivity index (χ2n) is 5.99. The lowest BCUT2D eigenvalue weighted by Gasteiger charge is -2.05. The van der Waals surface area contributed by atoms with Crippen molar-refractivity contribution in [1.82, 2.24) is 4.98 Å². The minimum atomic E-state index is -1.34. The number of nitrogens with zero attached hydrogens (tertiary/aromatic N) is 2. The Morgan fingerprint density at radius 1 is 1.22 bits per heavy atom. The van der Waals surface area contributed by atoms with Crippen molar-refractivity contribution in [2.45, 2.75) is 11.7 Å². The number of hydrogen-bond acceptors (Lipinski definition) is 6. The third kappa shape index (κ3) is 3.03. The van der Waals surface area contributed by atoms with Gasteiger partial charge in [0, 0.05) is 27.5 Å². The molecule has 0 saturated carbocycles. The number of nitro groups is 1. The van der Waals surface area contributed by atoms with Gasteiger partial charge in [0.2, 0.25) is 5.60 Å². The lowest BCUT2D eigenvalue weighted by Crippen LogP contribution is -2.30. The summed E-state index contributed by atoms with van der Waals surface area (Å²) in [5.41, 5.74) is 6.53. The summed E-state index contributed by atoms with van der Waals surface area (Å²) in [7, 11) is 0. The standard InChI is InChI=1S/C18H12BrN3O4S/c19-12-5-1-10(2-6-12)14-9-27-17(21-14)18(16(20)23)15(26-18)11-3-7-13(8-4-11)22(24)25/h1-9,15H,(H2,20,23)/t15-,18-/m1/s1. The number of carbonyl (C=O) groups excluding carboxylic acids is 1. The summed E-state index contributed by atoms with van der Waals surface area (Å²) >= 11 is 4.69. The van der Waals surface area contributed by atoms with Gasteiger partial charge in [0.05, 0.1) is 10.6 Å². The van der Waals surface area contributed by atoms with Crippen LogP contribution >= 0.6 is 27.3 Å². The highest BCUT2D eigenvalue weighted by Gasteiger charge is 2.65. The minimum Gasteiger partial charge on any atom is -0.367 e. The lowest BCUT2D eigenvalue weighted by molar-refractivity contribution is -0.384. The zero-order chi connectivity index (χ0) is 19.2. The number of non-ortho nitro benzene ring substituents is 1. The van der Waals surface area contributed by atoms with E-state index in [0.717, 1.165) is 15.7 Å². The van der Waals surface area contributed by atoms with Gasteiger partial charge < -0.3 is 10.5 Å². The molecule has 136 valence electrons. The second-order valence-corrected chi connectivity index (χ2v) is 7.77. The summed E-state index contributed by atoms with van der Waals surface area (Å²) in [5.74, 6) is -0.637. The van der Waals surface area contributed by atoms with Crippen molar-refractivity contribution in [3.8, 4) is 11.3 Å². The molecule has 1 fully saturated rings. The summed E-state index contributed by atoms with van der Waals surface area (Å²) in [6.07, 6.45) is -0.611. The molecule has 4 rings (SSSR count). The molecule has 0 spiro atoms. The fourth-order valence-corrected chi connectivity index (χ4v) is 4.14. The highest BCUT2D eigenvalue weighted by molar-refractivity contribution is 9.10. The first-order valence-electron chi connectivity index (χ1n) is 7.86. The van der Waals surface area contributed by atoms with Crippen LogP contribution in [0.15, 0.2) is 58.4 Å². The molecular formula is C18H12BrN3O4S. The topological polar surface area (TPSA) is 112 Å². The highest BCUT2D eigenvalue weighted by Crippen LogP contribution is 2.57. The van der Waals surface area contributed by atoms with Crippen LogP contribution in [-0.2, 0) is 15.1 Å². The predicted octanol–water partition coefficient (Wildman–Crippen LogP) is 3.93.